The highest BCUT2D eigenvalue weighted by molar-refractivity contribution is 9.10. The van der Waals surface area contributed by atoms with Crippen LogP contribution in [0.1, 0.15) is 26.2 Å². The first-order valence-corrected chi connectivity index (χ1v) is 6.94. The summed E-state index contributed by atoms with van der Waals surface area (Å²) in [6, 6.07) is 8.20. The Morgan fingerprint density at radius 3 is 2.88 bits per heavy atom. The van der Waals surface area contributed by atoms with Crippen LogP contribution in [0.15, 0.2) is 44.1 Å². The maximum Gasteiger partial charge on any atom is 0.159 e. The van der Waals surface area contributed by atoms with E-state index < -0.39 is 0 Å². The Bertz CT molecular complexity index is 451. The largest absolute Gasteiger partial charge is 0.295 e. The van der Waals surface area contributed by atoms with Crippen molar-refractivity contribution in [2.24, 2.45) is 0 Å². The Balaban J connectivity index is 2.21. The van der Waals surface area contributed by atoms with Crippen LogP contribution in [-0.4, -0.2) is 5.78 Å². The first kappa shape index (κ1) is 11.9. The van der Waals surface area contributed by atoms with Crippen molar-refractivity contribution in [3.63, 3.8) is 0 Å². The first-order chi connectivity index (χ1) is 7.66. The highest BCUT2D eigenvalue weighted by Crippen LogP contribution is 2.36. The van der Waals surface area contributed by atoms with Gasteiger partial charge in [0.25, 0.3) is 0 Å². The second-order valence-electron chi connectivity index (χ2n) is 3.88. The minimum Gasteiger partial charge on any atom is -0.295 e. The van der Waals surface area contributed by atoms with Gasteiger partial charge in [-0.15, -0.1) is 0 Å². The fourth-order valence-electron chi connectivity index (χ4n) is 1.74. The molecule has 1 aliphatic carbocycles. The highest BCUT2D eigenvalue weighted by atomic mass is 79.9. The van der Waals surface area contributed by atoms with Gasteiger partial charge in [-0.2, -0.15) is 0 Å². The van der Waals surface area contributed by atoms with Crippen LogP contribution < -0.4 is 0 Å². The van der Waals surface area contributed by atoms with Crippen molar-refractivity contribution in [2.75, 3.05) is 0 Å². The van der Waals surface area contributed by atoms with E-state index in [1.807, 2.05) is 19.1 Å². The summed E-state index contributed by atoms with van der Waals surface area (Å²) in [7, 11) is 0. The second-order valence-corrected chi connectivity index (χ2v) is 5.97. The lowest BCUT2D eigenvalue weighted by atomic mass is 9.99. The molecule has 3 heteroatoms. The zero-order chi connectivity index (χ0) is 11.5. The molecule has 0 aromatic heterocycles. The number of allylic oxidation sites excluding steroid dienone is 2. The maximum absolute atomic E-state index is 11.6. The number of hydrogen-bond donors (Lipinski definition) is 0. The molecular formula is C13H13BrOS. The summed E-state index contributed by atoms with van der Waals surface area (Å²) >= 11 is 5.18. The standard InChI is InChI=1S/C13H13BrOS/c1-9-12(15)6-3-7-13(9)16-11-5-2-4-10(14)8-11/h2,4-5,8H,3,6-7H2,1H3. The zero-order valence-electron chi connectivity index (χ0n) is 9.13. The van der Waals surface area contributed by atoms with Crippen molar-refractivity contribution >= 4 is 33.5 Å². The molecule has 0 saturated heterocycles. The number of Topliss-reactive ketones (excluding diaryl/α,β-unsaturated/α-hetero) is 1. The number of carbonyl (C=O) groups excluding carboxylic acids is 1. The molecule has 2 rings (SSSR count). The average Bonchev–Trinajstić information content (AvgIpc) is 2.25. The summed E-state index contributed by atoms with van der Waals surface area (Å²) in [5, 5.41) is 0. The van der Waals surface area contributed by atoms with E-state index in [1.165, 1.54) is 9.80 Å². The molecule has 1 aromatic rings. The molecule has 16 heavy (non-hydrogen) atoms. The zero-order valence-corrected chi connectivity index (χ0v) is 11.5. The predicted octanol–water partition coefficient (Wildman–Crippen LogP) is 4.57. The smallest absolute Gasteiger partial charge is 0.159 e. The molecule has 0 amide bonds. The minimum absolute atomic E-state index is 0.309. The predicted molar refractivity (Wildman–Crippen MR) is 71.6 cm³/mol. The van der Waals surface area contributed by atoms with Gasteiger partial charge in [0, 0.05) is 21.4 Å². The lowest BCUT2D eigenvalue weighted by Gasteiger charge is -2.16. The van der Waals surface area contributed by atoms with Gasteiger partial charge in [0.05, 0.1) is 0 Å². The van der Waals surface area contributed by atoms with E-state index in [1.54, 1.807) is 11.8 Å². The molecule has 0 atom stereocenters. The number of carbonyl (C=O) groups is 1. The normalized spacial score (nSPS) is 16.8. The average molecular weight is 297 g/mol. The molecule has 84 valence electrons. The van der Waals surface area contributed by atoms with Gasteiger partial charge in [-0.3, -0.25) is 4.79 Å². The molecular weight excluding hydrogens is 284 g/mol. The first-order valence-electron chi connectivity index (χ1n) is 5.33. The van der Waals surface area contributed by atoms with Gasteiger partial charge in [0.15, 0.2) is 5.78 Å². The Labute approximate surface area is 108 Å². The summed E-state index contributed by atoms with van der Waals surface area (Å²) < 4.78 is 1.08. The second kappa shape index (κ2) is 5.19. The van der Waals surface area contributed by atoms with Crippen LogP contribution >= 0.6 is 27.7 Å². The summed E-state index contributed by atoms with van der Waals surface area (Å²) in [5.74, 6) is 0.309. The van der Waals surface area contributed by atoms with Gasteiger partial charge in [-0.05, 0) is 42.9 Å². The summed E-state index contributed by atoms with van der Waals surface area (Å²) in [5.41, 5.74) is 0.955. The molecule has 1 aromatic carbocycles. The molecule has 0 N–H and O–H groups in total. The van der Waals surface area contributed by atoms with Crippen LogP contribution in [0.2, 0.25) is 0 Å². The molecule has 1 nitrogen and oxygen atoms in total. The summed E-state index contributed by atoms with van der Waals surface area (Å²) in [4.78, 5) is 14.0. The van der Waals surface area contributed by atoms with Crippen molar-refractivity contribution < 1.29 is 4.79 Å². The number of ketones is 1. The van der Waals surface area contributed by atoms with Gasteiger partial charge in [0.2, 0.25) is 0 Å². The molecule has 0 aliphatic heterocycles. The Morgan fingerprint density at radius 1 is 1.31 bits per heavy atom. The van der Waals surface area contributed by atoms with E-state index in [0.717, 1.165) is 22.9 Å². The summed E-state index contributed by atoms with van der Waals surface area (Å²) in [6.45, 7) is 1.95. The van der Waals surface area contributed by atoms with Crippen molar-refractivity contribution in [1.82, 2.24) is 0 Å². The molecule has 0 spiro atoms. The molecule has 0 fully saturated rings. The van der Waals surface area contributed by atoms with Gasteiger partial charge in [0.1, 0.15) is 0 Å². The van der Waals surface area contributed by atoms with Crippen LogP contribution in [0.25, 0.3) is 0 Å². The Morgan fingerprint density at radius 2 is 2.12 bits per heavy atom. The van der Waals surface area contributed by atoms with Crippen molar-refractivity contribution in [1.29, 1.82) is 0 Å². The molecule has 0 radical (unpaired) electrons. The molecule has 0 bridgehead atoms. The Kier molecular flexibility index (Phi) is 3.87. The quantitative estimate of drug-likeness (QED) is 0.795. The monoisotopic (exact) mass is 296 g/mol. The lowest BCUT2D eigenvalue weighted by Crippen LogP contribution is -2.07. The van der Waals surface area contributed by atoms with E-state index in [9.17, 15) is 4.79 Å². The maximum atomic E-state index is 11.6. The van der Waals surface area contributed by atoms with Crippen LogP contribution in [0, 0.1) is 0 Å². The van der Waals surface area contributed by atoms with Crippen molar-refractivity contribution in [3.05, 3.63) is 39.2 Å². The van der Waals surface area contributed by atoms with Crippen LogP contribution in [0.4, 0.5) is 0 Å². The Hall–Kier alpha value is -0.540. The van der Waals surface area contributed by atoms with Gasteiger partial charge in [-0.1, -0.05) is 33.8 Å². The van der Waals surface area contributed by atoms with E-state index in [4.69, 9.17) is 0 Å². The molecule has 0 heterocycles. The van der Waals surface area contributed by atoms with Crippen molar-refractivity contribution in [2.45, 2.75) is 31.1 Å². The van der Waals surface area contributed by atoms with Gasteiger partial charge < -0.3 is 0 Å². The van der Waals surface area contributed by atoms with E-state index >= 15 is 0 Å². The van der Waals surface area contributed by atoms with E-state index in [0.29, 0.717) is 12.2 Å². The number of thioether (sulfide) groups is 1. The number of halogens is 1. The van der Waals surface area contributed by atoms with Crippen LogP contribution in [0.5, 0.6) is 0 Å². The number of rotatable bonds is 2. The summed E-state index contributed by atoms with van der Waals surface area (Å²) in [6.07, 6.45) is 2.75. The SMILES string of the molecule is CC1=C(Sc2cccc(Br)c2)CCCC1=O. The third-order valence-electron chi connectivity index (χ3n) is 2.68. The number of benzene rings is 1. The number of hydrogen-bond acceptors (Lipinski definition) is 2. The highest BCUT2D eigenvalue weighted by Gasteiger charge is 2.17. The van der Waals surface area contributed by atoms with Crippen LogP contribution in [-0.2, 0) is 4.79 Å². The third-order valence-corrected chi connectivity index (χ3v) is 4.42. The van der Waals surface area contributed by atoms with Crippen molar-refractivity contribution in [3.8, 4) is 0 Å². The minimum atomic E-state index is 0.309. The lowest BCUT2D eigenvalue weighted by molar-refractivity contribution is -0.115. The van der Waals surface area contributed by atoms with Crippen LogP contribution in [0.3, 0.4) is 0 Å². The third kappa shape index (κ3) is 2.77. The fourth-order valence-corrected chi connectivity index (χ4v) is 3.42. The van der Waals surface area contributed by atoms with E-state index in [-0.39, 0.29) is 0 Å². The topological polar surface area (TPSA) is 17.1 Å². The molecule has 1 aliphatic rings. The van der Waals surface area contributed by atoms with E-state index in [2.05, 4.69) is 28.1 Å². The van der Waals surface area contributed by atoms with Gasteiger partial charge in [-0.25, -0.2) is 0 Å². The molecule has 0 saturated carbocycles. The fraction of sp³-hybridized carbons (Fsp3) is 0.308. The molecule has 0 unspecified atom stereocenters. The van der Waals surface area contributed by atoms with Gasteiger partial charge >= 0.3 is 0 Å².